The van der Waals surface area contributed by atoms with Crippen LogP contribution in [0.1, 0.15) is 10.1 Å². The van der Waals surface area contributed by atoms with E-state index in [0.29, 0.717) is 0 Å². The molecule has 1 aromatic rings. The third-order valence-electron chi connectivity index (χ3n) is 1.21. The molecule has 1 heterocycles. The first-order chi connectivity index (χ1) is 5.55. The number of hydrogen-bond acceptors (Lipinski definition) is 4. The Kier molecular flexibility index (Phi) is 2.61. The van der Waals surface area contributed by atoms with E-state index in [1.165, 1.54) is 12.4 Å². The van der Waals surface area contributed by atoms with E-state index in [2.05, 4.69) is 0 Å². The molecule has 1 atom stereocenters. The van der Waals surface area contributed by atoms with Gasteiger partial charge in [-0.1, -0.05) is 6.07 Å². The highest BCUT2D eigenvalue weighted by Gasteiger charge is 2.26. The van der Waals surface area contributed by atoms with Gasteiger partial charge in [0.05, 0.1) is 0 Å². The molecule has 1 radical (unpaired) electrons. The topological polar surface area (TPSA) is 71.4 Å². The molecule has 1 unspecified atom stereocenters. The predicted octanol–water partition coefficient (Wildman–Crippen LogP) is 0.787. The van der Waals surface area contributed by atoms with E-state index in [9.17, 15) is 13.2 Å². The molecule has 1 aromatic heterocycles. The van der Waals surface area contributed by atoms with Gasteiger partial charge in [0, 0.05) is 4.88 Å². The maximum absolute atomic E-state index is 10.6. The molecular weight excluding hydrogens is 200 g/mol. The van der Waals surface area contributed by atoms with Crippen LogP contribution in [-0.2, 0) is 14.9 Å². The van der Waals surface area contributed by atoms with E-state index in [4.69, 9.17) is 4.55 Å². The minimum Gasteiger partial charge on any atom is -0.289 e. The smallest absolute Gasteiger partial charge is 0.280 e. The molecule has 0 saturated heterocycles. The molecule has 65 valence electrons. The van der Waals surface area contributed by atoms with Crippen molar-refractivity contribution in [2.24, 2.45) is 0 Å². The average Bonchev–Trinajstić information content (AvgIpc) is 2.38. The van der Waals surface area contributed by atoms with Gasteiger partial charge in [-0.3, -0.25) is 9.35 Å². The first-order valence-electron chi connectivity index (χ1n) is 2.93. The molecule has 6 heteroatoms. The molecule has 0 aliphatic carbocycles. The van der Waals surface area contributed by atoms with Gasteiger partial charge in [0.1, 0.15) is 0 Å². The van der Waals surface area contributed by atoms with Crippen LogP contribution in [0.15, 0.2) is 17.5 Å². The van der Waals surface area contributed by atoms with Crippen molar-refractivity contribution >= 4 is 27.7 Å². The van der Waals surface area contributed by atoms with Crippen LogP contribution in [0.2, 0.25) is 0 Å². The summed E-state index contributed by atoms with van der Waals surface area (Å²) in [6.45, 7) is 0. The highest BCUT2D eigenvalue weighted by molar-refractivity contribution is 7.86. The normalized spacial score (nSPS) is 14.1. The molecular formula is C6H5O4S2. The number of hydrogen-bond donors (Lipinski definition) is 1. The monoisotopic (exact) mass is 205 g/mol. The quantitative estimate of drug-likeness (QED) is 0.740. The molecule has 4 nitrogen and oxygen atoms in total. The van der Waals surface area contributed by atoms with Gasteiger partial charge in [-0.2, -0.15) is 8.42 Å². The van der Waals surface area contributed by atoms with Crippen LogP contribution in [0.3, 0.4) is 0 Å². The Morgan fingerprint density at radius 3 is 2.58 bits per heavy atom. The zero-order valence-corrected chi connectivity index (χ0v) is 7.43. The van der Waals surface area contributed by atoms with Crippen LogP contribution in [0.4, 0.5) is 0 Å². The Morgan fingerprint density at radius 2 is 2.25 bits per heavy atom. The summed E-state index contributed by atoms with van der Waals surface area (Å²) in [6, 6.07) is 3.05. The van der Waals surface area contributed by atoms with Gasteiger partial charge >= 0.3 is 0 Å². The predicted molar refractivity (Wildman–Crippen MR) is 44.3 cm³/mol. The molecule has 1 N–H and O–H groups in total. The number of carbonyl (C=O) groups excluding carboxylic acids is 1. The second-order valence-electron chi connectivity index (χ2n) is 2.03. The van der Waals surface area contributed by atoms with Crippen molar-refractivity contribution in [2.75, 3.05) is 0 Å². The van der Waals surface area contributed by atoms with Gasteiger partial charge in [0.15, 0.2) is 5.25 Å². The fourth-order valence-corrected chi connectivity index (χ4v) is 2.37. The Bertz CT molecular complexity index is 351. The lowest BCUT2D eigenvalue weighted by Crippen LogP contribution is -2.11. The molecule has 0 saturated carbocycles. The summed E-state index contributed by atoms with van der Waals surface area (Å²) < 4.78 is 29.7. The lowest BCUT2D eigenvalue weighted by molar-refractivity contribution is 0.474. The zero-order valence-electron chi connectivity index (χ0n) is 5.80. The minimum atomic E-state index is -4.35. The fourth-order valence-electron chi connectivity index (χ4n) is 0.706. The SMILES string of the molecule is O=[C]C(c1cccs1)S(=O)(=O)O. The van der Waals surface area contributed by atoms with E-state index in [1.54, 1.807) is 11.4 Å². The van der Waals surface area contributed by atoms with E-state index in [1.807, 2.05) is 0 Å². The molecule has 0 fully saturated rings. The summed E-state index contributed by atoms with van der Waals surface area (Å²) >= 11 is 1.08. The summed E-state index contributed by atoms with van der Waals surface area (Å²) in [6.07, 6.45) is 1.27. The third-order valence-corrected chi connectivity index (χ3v) is 3.24. The Morgan fingerprint density at radius 1 is 1.58 bits per heavy atom. The first kappa shape index (κ1) is 9.37. The van der Waals surface area contributed by atoms with Crippen LogP contribution < -0.4 is 0 Å². The summed E-state index contributed by atoms with van der Waals surface area (Å²) in [7, 11) is -4.35. The highest BCUT2D eigenvalue weighted by Crippen LogP contribution is 2.23. The van der Waals surface area contributed by atoms with Crippen LogP contribution >= 0.6 is 11.3 Å². The highest BCUT2D eigenvalue weighted by atomic mass is 32.2. The zero-order chi connectivity index (χ0) is 9.19. The lowest BCUT2D eigenvalue weighted by Gasteiger charge is -2.00. The standard InChI is InChI=1S/C6H5O4S2/c7-4-6(12(8,9)10)5-2-1-3-11-5/h1-3,6H,(H,8,9,10). The van der Waals surface area contributed by atoms with Crippen molar-refractivity contribution in [1.29, 1.82) is 0 Å². The van der Waals surface area contributed by atoms with Crippen molar-refractivity contribution in [3.63, 3.8) is 0 Å². The maximum atomic E-state index is 10.6. The summed E-state index contributed by atoms with van der Waals surface area (Å²) in [5.74, 6) is 0. The lowest BCUT2D eigenvalue weighted by atomic mass is 10.4. The molecule has 0 amide bonds. The van der Waals surface area contributed by atoms with Crippen LogP contribution in [0.25, 0.3) is 0 Å². The second-order valence-corrected chi connectivity index (χ2v) is 4.51. The molecule has 12 heavy (non-hydrogen) atoms. The van der Waals surface area contributed by atoms with E-state index < -0.39 is 15.4 Å². The average molecular weight is 205 g/mol. The number of thiophene rings is 1. The molecule has 0 aliphatic rings. The second kappa shape index (κ2) is 3.34. The molecule has 0 spiro atoms. The van der Waals surface area contributed by atoms with E-state index in [0.717, 1.165) is 11.3 Å². The number of rotatable bonds is 3. The van der Waals surface area contributed by atoms with Crippen molar-refractivity contribution in [3.05, 3.63) is 22.4 Å². The van der Waals surface area contributed by atoms with Gasteiger partial charge in [-0.05, 0) is 11.4 Å². The van der Waals surface area contributed by atoms with Crippen molar-refractivity contribution in [2.45, 2.75) is 5.25 Å². The van der Waals surface area contributed by atoms with Gasteiger partial charge < -0.3 is 0 Å². The molecule has 1 rings (SSSR count). The van der Waals surface area contributed by atoms with Crippen LogP contribution in [0, 0.1) is 0 Å². The van der Waals surface area contributed by atoms with Crippen LogP contribution in [-0.4, -0.2) is 19.3 Å². The molecule has 0 bridgehead atoms. The summed E-state index contributed by atoms with van der Waals surface area (Å²) in [5, 5.41) is 0.0581. The first-order valence-corrected chi connectivity index (χ1v) is 5.31. The van der Waals surface area contributed by atoms with Gasteiger partial charge in [0.2, 0.25) is 6.29 Å². The molecule has 0 aliphatic heterocycles. The Labute approximate surface area is 73.6 Å². The summed E-state index contributed by atoms with van der Waals surface area (Å²) in [4.78, 5) is 10.5. The van der Waals surface area contributed by atoms with Crippen molar-refractivity contribution in [3.8, 4) is 0 Å². The minimum absolute atomic E-state index is 0.271. The largest absolute Gasteiger partial charge is 0.289 e. The maximum Gasteiger partial charge on any atom is 0.280 e. The van der Waals surface area contributed by atoms with Gasteiger partial charge in [-0.15, -0.1) is 11.3 Å². The summed E-state index contributed by atoms with van der Waals surface area (Å²) in [5.41, 5.74) is 0. The van der Waals surface area contributed by atoms with Gasteiger partial charge in [-0.25, -0.2) is 0 Å². The van der Waals surface area contributed by atoms with Crippen molar-refractivity contribution in [1.82, 2.24) is 0 Å². The van der Waals surface area contributed by atoms with Crippen LogP contribution in [0.5, 0.6) is 0 Å². The van der Waals surface area contributed by atoms with Gasteiger partial charge in [0.25, 0.3) is 10.1 Å². The third kappa shape index (κ3) is 1.90. The van der Waals surface area contributed by atoms with E-state index in [-0.39, 0.29) is 4.88 Å². The Balaban J connectivity index is 3.08. The van der Waals surface area contributed by atoms with E-state index >= 15 is 0 Å². The fraction of sp³-hybridized carbons (Fsp3) is 0.167. The Hall–Kier alpha value is -0.720. The van der Waals surface area contributed by atoms with Crippen molar-refractivity contribution < 1.29 is 17.8 Å². The molecule has 0 aromatic carbocycles.